The van der Waals surface area contributed by atoms with Crippen molar-refractivity contribution in [1.29, 1.82) is 0 Å². The Labute approximate surface area is 162 Å². The molecule has 1 saturated heterocycles. The lowest BCUT2D eigenvalue weighted by molar-refractivity contribution is -0.137. The molecule has 1 aliphatic heterocycles. The highest BCUT2D eigenvalue weighted by atomic mass is 19.4. The quantitative estimate of drug-likeness (QED) is 0.796. The number of carbonyl (C=O) groups excluding carboxylic acids is 1. The SMILES string of the molecule is CC1(C)OB(c2ccccc2NC(=O)c2ccc(C(F)(F)F)cc2)OC1(C)C. The van der Waals surface area contributed by atoms with Gasteiger partial charge in [-0.05, 0) is 58.0 Å². The number of hydrogen-bond donors (Lipinski definition) is 1. The van der Waals surface area contributed by atoms with Gasteiger partial charge >= 0.3 is 13.3 Å². The summed E-state index contributed by atoms with van der Waals surface area (Å²) in [7, 11) is -0.672. The Balaban J connectivity index is 1.82. The number of hydrogen-bond acceptors (Lipinski definition) is 3. The van der Waals surface area contributed by atoms with Crippen LogP contribution in [0.5, 0.6) is 0 Å². The maximum atomic E-state index is 12.7. The number of anilines is 1. The second kappa shape index (κ2) is 6.94. The van der Waals surface area contributed by atoms with Gasteiger partial charge in [0.1, 0.15) is 0 Å². The topological polar surface area (TPSA) is 47.6 Å². The normalized spacial score (nSPS) is 18.2. The molecule has 0 saturated carbocycles. The molecule has 1 N–H and O–H groups in total. The summed E-state index contributed by atoms with van der Waals surface area (Å²) in [6, 6.07) is 11.1. The van der Waals surface area contributed by atoms with Crippen LogP contribution in [0.3, 0.4) is 0 Å². The van der Waals surface area contributed by atoms with Crippen LogP contribution in [0.2, 0.25) is 0 Å². The first-order chi connectivity index (χ1) is 12.9. The van der Waals surface area contributed by atoms with E-state index in [1.807, 2.05) is 27.7 Å². The van der Waals surface area contributed by atoms with Gasteiger partial charge in [0.05, 0.1) is 16.8 Å². The van der Waals surface area contributed by atoms with Gasteiger partial charge in [-0.3, -0.25) is 4.79 Å². The van der Waals surface area contributed by atoms with E-state index < -0.39 is 36.0 Å². The summed E-state index contributed by atoms with van der Waals surface area (Å²) in [5.41, 5.74) is -0.643. The van der Waals surface area contributed by atoms with Crippen LogP contribution in [0.1, 0.15) is 43.6 Å². The lowest BCUT2D eigenvalue weighted by Crippen LogP contribution is -2.41. The lowest BCUT2D eigenvalue weighted by atomic mass is 9.77. The van der Waals surface area contributed by atoms with Crippen LogP contribution in [0.4, 0.5) is 18.9 Å². The molecule has 1 aliphatic rings. The number of amides is 1. The van der Waals surface area contributed by atoms with Crippen LogP contribution in [0.15, 0.2) is 48.5 Å². The summed E-state index contributed by atoms with van der Waals surface area (Å²) in [4.78, 5) is 12.5. The van der Waals surface area contributed by atoms with E-state index >= 15 is 0 Å². The number of carbonyl (C=O) groups is 1. The predicted molar refractivity (Wildman–Crippen MR) is 102 cm³/mol. The minimum atomic E-state index is -4.45. The standard InChI is InChI=1S/C20H21BF3NO3/c1-18(2)19(3,4)28-21(27-18)15-7-5-6-8-16(15)25-17(26)13-9-11-14(12-10-13)20(22,23)24/h5-12H,1-4H3,(H,25,26). The van der Waals surface area contributed by atoms with E-state index in [4.69, 9.17) is 9.31 Å². The van der Waals surface area contributed by atoms with Gasteiger partial charge in [-0.2, -0.15) is 13.2 Å². The highest BCUT2D eigenvalue weighted by Gasteiger charge is 2.52. The molecule has 148 valence electrons. The van der Waals surface area contributed by atoms with Crippen LogP contribution < -0.4 is 10.8 Å². The Morgan fingerprint density at radius 2 is 1.46 bits per heavy atom. The Kier molecular flexibility index (Phi) is 5.06. The van der Waals surface area contributed by atoms with E-state index in [1.165, 1.54) is 0 Å². The Morgan fingerprint density at radius 3 is 2.00 bits per heavy atom. The van der Waals surface area contributed by atoms with Crippen molar-refractivity contribution < 1.29 is 27.3 Å². The molecule has 8 heteroatoms. The van der Waals surface area contributed by atoms with Gasteiger partial charge in [0.2, 0.25) is 0 Å². The zero-order chi connectivity index (χ0) is 20.7. The van der Waals surface area contributed by atoms with Gasteiger partial charge in [0.15, 0.2) is 0 Å². The monoisotopic (exact) mass is 391 g/mol. The van der Waals surface area contributed by atoms with Crippen molar-refractivity contribution in [2.75, 3.05) is 5.32 Å². The van der Waals surface area contributed by atoms with Crippen molar-refractivity contribution >= 4 is 24.2 Å². The molecule has 0 bridgehead atoms. The van der Waals surface area contributed by atoms with Crippen molar-refractivity contribution in [2.24, 2.45) is 0 Å². The molecule has 0 spiro atoms. The molecular formula is C20H21BF3NO3. The summed E-state index contributed by atoms with van der Waals surface area (Å²) in [6.45, 7) is 7.71. The maximum absolute atomic E-state index is 12.7. The third kappa shape index (κ3) is 3.93. The number of alkyl halides is 3. The average Bonchev–Trinajstić information content (AvgIpc) is 2.82. The minimum absolute atomic E-state index is 0.122. The zero-order valence-corrected chi connectivity index (χ0v) is 16.1. The van der Waals surface area contributed by atoms with Crippen LogP contribution in [0.25, 0.3) is 0 Å². The summed E-state index contributed by atoms with van der Waals surface area (Å²) < 4.78 is 50.1. The van der Waals surface area contributed by atoms with Crippen LogP contribution in [-0.2, 0) is 15.5 Å². The van der Waals surface area contributed by atoms with Crippen LogP contribution >= 0.6 is 0 Å². The highest BCUT2D eigenvalue weighted by molar-refractivity contribution is 6.64. The van der Waals surface area contributed by atoms with E-state index in [-0.39, 0.29) is 5.56 Å². The van der Waals surface area contributed by atoms with Crippen molar-refractivity contribution in [1.82, 2.24) is 0 Å². The molecule has 0 unspecified atom stereocenters. The first-order valence-electron chi connectivity index (χ1n) is 8.84. The first-order valence-corrected chi connectivity index (χ1v) is 8.84. The molecule has 2 aromatic rings. The summed E-state index contributed by atoms with van der Waals surface area (Å²) in [6.07, 6.45) is -4.45. The highest BCUT2D eigenvalue weighted by Crippen LogP contribution is 2.37. The number of benzene rings is 2. The fourth-order valence-corrected chi connectivity index (χ4v) is 2.79. The third-order valence-electron chi connectivity index (χ3n) is 5.19. The minimum Gasteiger partial charge on any atom is -0.399 e. The van der Waals surface area contributed by atoms with Crippen molar-refractivity contribution in [3.05, 3.63) is 59.7 Å². The Morgan fingerprint density at radius 1 is 0.929 bits per heavy atom. The summed E-state index contributed by atoms with van der Waals surface area (Å²) >= 11 is 0. The molecule has 1 fully saturated rings. The van der Waals surface area contributed by atoms with Crippen molar-refractivity contribution in [3.63, 3.8) is 0 Å². The molecule has 28 heavy (non-hydrogen) atoms. The molecule has 0 atom stereocenters. The second-order valence-corrected chi connectivity index (χ2v) is 7.70. The number of nitrogens with one attached hydrogen (secondary N) is 1. The molecule has 0 radical (unpaired) electrons. The molecule has 4 nitrogen and oxygen atoms in total. The Bertz CT molecular complexity index is 863. The van der Waals surface area contributed by atoms with E-state index in [9.17, 15) is 18.0 Å². The predicted octanol–water partition coefficient (Wildman–Crippen LogP) is 4.26. The largest absolute Gasteiger partial charge is 0.496 e. The lowest BCUT2D eigenvalue weighted by Gasteiger charge is -2.32. The molecular weight excluding hydrogens is 370 g/mol. The van der Waals surface area contributed by atoms with Gasteiger partial charge in [0.25, 0.3) is 5.91 Å². The van der Waals surface area contributed by atoms with Crippen LogP contribution in [-0.4, -0.2) is 24.2 Å². The van der Waals surface area contributed by atoms with E-state index in [0.717, 1.165) is 24.3 Å². The summed E-state index contributed by atoms with van der Waals surface area (Å²) in [5, 5.41) is 2.74. The van der Waals surface area contributed by atoms with Gasteiger partial charge in [-0.25, -0.2) is 0 Å². The zero-order valence-electron chi connectivity index (χ0n) is 16.1. The van der Waals surface area contributed by atoms with E-state index in [2.05, 4.69) is 5.32 Å². The van der Waals surface area contributed by atoms with Crippen molar-refractivity contribution in [3.8, 4) is 0 Å². The number of para-hydroxylation sites is 1. The third-order valence-corrected chi connectivity index (χ3v) is 5.19. The van der Waals surface area contributed by atoms with Gasteiger partial charge < -0.3 is 14.6 Å². The first kappa shape index (κ1) is 20.4. The maximum Gasteiger partial charge on any atom is 0.496 e. The van der Waals surface area contributed by atoms with Gasteiger partial charge in [0, 0.05) is 16.7 Å². The van der Waals surface area contributed by atoms with Gasteiger partial charge in [-0.15, -0.1) is 0 Å². The van der Waals surface area contributed by atoms with Crippen molar-refractivity contribution in [2.45, 2.75) is 45.1 Å². The molecule has 0 aliphatic carbocycles. The molecule has 2 aromatic carbocycles. The van der Waals surface area contributed by atoms with Gasteiger partial charge in [-0.1, -0.05) is 18.2 Å². The number of rotatable bonds is 3. The molecule has 1 heterocycles. The molecule has 0 aromatic heterocycles. The fourth-order valence-electron chi connectivity index (χ4n) is 2.79. The fraction of sp³-hybridized carbons (Fsp3) is 0.350. The smallest absolute Gasteiger partial charge is 0.399 e. The average molecular weight is 391 g/mol. The summed E-state index contributed by atoms with van der Waals surface area (Å²) in [5.74, 6) is -0.516. The van der Waals surface area contributed by atoms with E-state index in [1.54, 1.807) is 24.3 Å². The number of halogens is 3. The van der Waals surface area contributed by atoms with E-state index in [0.29, 0.717) is 11.2 Å². The Hall–Kier alpha value is -2.32. The van der Waals surface area contributed by atoms with Crippen LogP contribution in [0, 0.1) is 0 Å². The molecule has 3 rings (SSSR count). The second-order valence-electron chi connectivity index (χ2n) is 7.70. The molecule has 1 amide bonds.